The Bertz CT molecular complexity index is 1330. The predicted octanol–water partition coefficient (Wildman–Crippen LogP) is 3.09. The maximum atomic E-state index is 13.0. The summed E-state index contributed by atoms with van der Waals surface area (Å²) < 4.78 is 30.4. The highest BCUT2D eigenvalue weighted by atomic mass is 32.2. The van der Waals surface area contributed by atoms with Crippen molar-refractivity contribution < 1.29 is 13.2 Å². The molecule has 0 aliphatic rings. The number of sulfonamides is 1. The van der Waals surface area contributed by atoms with Crippen LogP contribution in [-0.4, -0.2) is 69.6 Å². The summed E-state index contributed by atoms with van der Waals surface area (Å²) in [5, 5.41) is 14.4. The smallest absolute Gasteiger partial charge is 0.269 e. The number of nitrogens with one attached hydrogen (secondary N) is 3. The zero-order chi connectivity index (χ0) is 29.3. The molecule has 0 aliphatic carbocycles. The average molecular weight is 573 g/mol. The summed E-state index contributed by atoms with van der Waals surface area (Å²) in [6.45, 7) is 12.9. The number of benzene rings is 1. The fourth-order valence-electron chi connectivity index (χ4n) is 4.34. The molecule has 3 N–H and O–H groups in total. The largest absolute Gasteiger partial charge is 0.343 e. The number of rotatable bonds is 15. The van der Waals surface area contributed by atoms with Crippen LogP contribution in [0.2, 0.25) is 0 Å². The Morgan fingerprint density at radius 2 is 1.85 bits per heavy atom. The number of aromatic amines is 1. The van der Waals surface area contributed by atoms with E-state index in [0.29, 0.717) is 36.6 Å². The molecule has 0 aliphatic heterocycles. The number of carbonyl (C=O) groups is 1. The minimum Gasteiger partial charge on any atom is -0.343 e. The zero-order valence-electron chi connectivity index (χ0n) is 24.6. The summed E-state index contributed by atoms with van der Waals surface area (Å²) in [5.74, 6) is 0.533. The van der Waals surface area contributed by atoms with Crippen LogP contribution in [0.1, 0.15) is 86.9 Å². The summed E-state index contributed by atoms with van der Waals surface area (Å²) in [6.07, 6.45) is 1.71. The van der Waals surface area contributed by atoms with Gasteiger partial charge in [0.15, 0.2) is 5.82 Å². The van der Waals surface area contributed by atoms with E-state index in [1.165, 1.54) is 0 Å². The van der Waals surface area contributed by atoms with Crippen LogP contribution >= 0.6 is 0 Å². The highest BCUT2D eigenvalue weighted by Gasteiger charge is 2.24. The predicted molar refractivity (Wildman–Crippen MR) is 156 cm³/mol. The normalized spacial score (nSPS) is 13.1. The van der Waals surface area contributed by atoms with E-state index in [2.05, 4.69) is 49.1 Å². The zero-order valence-corrected chi connectivity index (χ0v) is 25.4. The van der Waals surface area contributed by atoms with Gasteiger partial charge in [0.25, 0.3) is 5.91 Å². The number of aromatic nitrogens is 5. The minimum absolute atomic E-state index is 0.0314. The molecule has 0 unspecified atom stereocenters. The number of nitrogens with zero attached hydrogens (tertiary/aromatic N) is 5. The molecule has 12 heteroatoms. The van der Waals surface area contributed by atoms with Gasteiger partial charge in [-0.3, -0.25) is 14.6 Å². The minimum atomic E-state index is -3.56. The highest BCUT2D eigenvalue weighted by Crippen LogP contribution is 2.21. The van der Waals surface area contributed by atoms with Gasteiger partial charge in [0.1, 0.15) is 11.5 Å². The Morgan fingerprint density at radius 3 is 2.48 bits per heavy atom. The van der Waals surface area contributed by atoms with Crippen LogP contribution in [-0.2, 0) is 35.5 Å². The van der Waals surface area contributed by atoms with E-state index in [-0.39, 0.29) is 23.6 Å². The highest BCUT2D eigenvalue weighted by molar-refractivity contribution is 7.89. The summed E-state index contributed by atoms with van der Waals surface area (Å²) in [6, 6.07) is 11.1. The van der Waals surface area contributed by atoms with E-state index in [4.69, 9.17) is 0 Å². The van der Waals surface area contributed by atoms with E-state index in [9.17, 15) is 13.2 Å². The van der Waals surface area contributed by atoms with Gasteiger partial charge in [0.05, 0.1) is 24.0 Å². The number of hydrogen-bond donors (Lipinski definition) is 3. The molecule has 2 heterocycles. The van der Waals surface area contributed by atoms with Crippen molar-refractivity contribution in [3.05, 3.63) is 65.0 Å². The molecule has 2 aromatic heterocycles. The maximum Gasteiger partial charge on any atom is 0.269 e. The van der Waals surface area contributed by atoms with Crippen molar-refractivity contribution in [2.45, 2.75) is 71.9 Å². The molecule has 1 aromatic carbocycles. The lowest BCUT2D eigenvalue weighted by Gasteiger charge is -2.19. The van der Waals surface area contributed by atoms with Gasteiger partial charge in [-0.2, -0.15) is 10.2 Å². The lowest BCUT2D eigenvalue weighted by Crippen LogP contribution is -2.33. The number of aryl methyl sites for hydroxylation is 2. The number of amides is 1. The number of carbonyl (C=O) groups excluding carboxylic acids is 1. The van der Waals surface area contributed by atoms with Gasteiger partial charge < -0.3 is 10.2 Å². The first-order chi connectivity index (χ1) is 18.9. The van der Waals surface area contributed by atoms with Gasteiger partial charge in [-0.25, -0.2) is 18.1 Å². The van der Waals surface area contributed by atoms with Crippen molar-refractivity contribution in [2.75, 3.05) is 25.4 Å². The Hall–Kier alpha value is -3.09. The lowest BCUT2D eigenvalue weighted by molar-refractivity contribution is 0.0940. The molecule has 11 nitrogen and oxygen atoms in total. The van der Waals surface area contributed by atoms with Gasteiger partial charge in [-0.15, -0.1) is 0 Å². The second-order valence-electron chi connectivity index (χ2n) is 11.0. The molecule has 1 amide bonds. The molecule has 0 fully saturated rings. The van der Waals surface area contributed by atoms with Crippen LogP contribution in [0.5, 0.6) is 0 Å². The summed E-state index contributed by atoms with van der Waals surface area (Å²) in [4.78, 5) is 19.6. The Labute approximate surface area is 238 Å². The van der Waals surface area contributed by atoms with Gasteiger partial charge in [-0.1, -0.05) is 65.0 Å². The number of H-pyrrole nitrogens is 1. The second-order valence-corrected chi connectivity index (χ2v) is 12.9. The Kier molecular flexibility index (Phi) is 11.0. The molecule has 40 heavy (non-hydrogen) atoms. The van der Waals surface area contributed by atoms with Crippen LogP contribution in [0.25, 0.3) is 0 Å². The van der Waals surface area contributed by atoms with Crippen molar-refractivity contribution in [3.63, 3.8) is 0 Å². The van der Waals surface area contributed by atoms with Crippen molar-refractivity contribution >= 4 is 15.9 Å². The molecule has 0 radical (unpaired) electrons. The SMILES string of the molecule is CCN(CC)CCCS(=O)(=O)N[C@H](CCc1ccccc1)c1nc(CNC(=O)c2cc(C(C)(C)C)nn2C)n[nH]1. The van der Waals surface area contributed by atoms with Crippen molar-refractivity contribution in [2.24, 2.45) is 7.05 Å². The molecule has 0 spiro atoms. The molecule has 1 atom stereocenters. The number of hydrogen-bond acceptors (Lipinski definition) is 7. The molecule has 0 saturated carbocycles. The van der Waals surface area contributed by atoms with E-state index in [0.717, 1.165) is 30.9 Å². The average Bonchev–Trinajstić information content (AvgIpc) is 3.55. The Morgan fingerprint density at radius 1 is 1.15 bits per heavy atom. The summed E-state index contributed by atoms with van der Waals surface area (Å²) >= 11 is 0. The third-order valence-electron chi connectivity index (χ3n) is 6.84. The fraction of sp³-hybridized carbons (Fsp3) is 0.571. The molecule has 220 valence electrons. The Balaban J connectivity index is 1.68. The fourth-order valence-corrected chi connectivity index (χ4v) is 5.63. The molecule has 3 aromatic rings. The standard InChI is InChI=1S/C28H44N8O3S/c1-7-36(8-2)17-12-18-40(38,39)34-22(16-15-21-13-10-9-11-14-21)26-30-25(31-32-26)20-29-27(37)23-19-24(28(3,4)5)33-35(23)6/h9-11,13-14,19,22,34H,7-8,12,15-18,20H2,1-6H3,(H,29,37)(H,30,31,32)/t22-/m1/s1. The van der Waals surface area contributed by atoms with Crippen LogP contribution in [0, 0.1) is 0 Å². The first kappa shape index (κ1) is 31.4. The second kappa shape index (κ2) is 14.0. The van der Waals surface area contributed by atoms with Crippen molar-refractivity contribution in [1.29, 1.82) is 0 Å². The van der Waals surface area contributed by atoms with Gasteiger partial charge in [-0.05, 0) is 50.5 Å². The molecule has 0 saturated heterocycles. The molecular weight excluding hydrogens is 528 g/mol. The maximum absolute atomic E-state index is 13.0. The van der Waals surface area contributed by atoms with Crippen LogP contribution in [0.3, 0.4) is 0 Å². The topological polar surface area (TPSA) is 138 Å². The first-order valence-corrected chi connectivity index (χ1v) is 15.6. The van der Waals surface area contributed by atoms with Crippen molar-refractivity contribution in [3.8, 4) is 0 Å². The van der Waals surface area contributed by atoms with Crippen LogP contribution in [0.4, 0.5) is 0 Å². The third kappa shape index (κ3) is 9.24. The van der Waals surface area contributed by atoms with Gasteiger partial charge >= 0.3 is 0 Å². The lowest BCUT2D eigenvalue weighted by atomic mass is 9.92. The van der Waals surface area contributed by atoms with E-state index < -0.39 is 16.1 Å². The van der Waals surface area contributed by atoms with E-state index in [1.807, 2.05) is 51.1 Å². The molecular formula is C28H44N8O3S. The summed E-state index contributed by atoms with van der Waals surface area (Å²) in [5.41, 5.74) is 2.19. The van der Waals surface area contributed by atoms with Gasteiger partial charge in [0, 0.05) is 12.5 Å². The summed E-state index contributed by atoms with van der Waals surface area (Å²) in [7, 11) is -1.82. The molecule has 3 rings (SSSR count). The van der Waals surface area contributed by atoms with Crippen LogP contribution in [0.15, 0.2) is 36.4 Å². The first-order valence-electron chi connectivity index (χ1n) is 13.9. The van der Waals surface area contributed by atoms with Crippen molar-refractivity contribution in [1.82, 2.24) is 39.9 Å². The quantitative estimate of drug-likeness (QED) is 0.254. The monoisotopic (exact) mass is 572 g/mol. The van der Waals surface area contributed by atoms with E-state index in [1.54, 1.807) is 17.8 Å². The van der Waals surface area contributed by atoms with Crippen LogP contribution < -0.4 is 10.0 Å². The van der Waals surface area contributed by atoms with Gasteiger partial charge in [0.2, 0.25) is 10.0 Å². The third-order valence-corrected chi connectivity index (χ3v) is 8.30. The van der Waals surface area contributed by atoms with E-state index >= 15 is 0 Å². The molecule has 0 bridgehead atoms.